The van der Waals surface area contributed by atoms with E-state index in [2.05, 4.69) is 36.4 Å². The fourth-order valence-electron chi connectivity index (χ4n) is 4.15. The van der Waals surface area contributed by atoms with Crippen LogP contribution in [0.25, 0.3) is 10.9 Å². The van der Waals surface area contributed by atoms with Crippen LogP contribution in [0, 0.1) is 17.5 Å². The largest absolute Gasteiger partial charge is 1.00 e. The van der Waals surface area contributed by atoms with Gasteiger partial charge in [0, 0.05) is 17.5 Å². The van der Waals surface area contributed by atoms with E-state index in [9.17, 15) is 13.2 Å². The minimum absolute atomic E-state index is 0. The van der Waals surface area contributed by atoms with E-state index >= 15 is 0 Å². The van der Waals surface area contributed by atoms with Crippen molar-refractivity contribution < 1.29 is 30.2 Å². The van der Waals surface area contributed by atoms with Crippen LogP contribution >= 0.6 is 7.26 Å². The van der Waals surface area contributed by atoms with Crippen LogP contribution in [0.1, 0.15) is 0 Å². The van der Waals surface area contributed by atoms with Crippen molar-refractivity contribution in [2.45, 2.75) is 0 Å². The first-order chi connectivity index (χ1) is 15.6. The predicted molar refractivity (Wildman–Crippen MR) is 126 cm³/mol. The van der Waals surface area contributed by atoms with Crippen LogP contribution in [0.4, 0.5) is 13.2 Å². The second kappa shape index (κ2) is 9.46. The zero-order valence-electron chi connectivity index (χ0n) is 17.3. The number of fused-ring (bicyclic) bond motifs is 1. The van der Waals surface area contributed by atoms with Gasteiger partial charge in [0.05, 0.1) is 5.52 Å². The summed E-state index contributed by atoms with van der Waals surface area (Å²) in [7, 11) is -2.50. The molecule has 0 aliphatic carbocycles. The summed E-state index contributed by atoms with van der Waals surface area (Å²) in [6.07, 6.45) is 0. The monoisotopic (exact) mass is 523 g/mol. The van der Waals surface area contributed by atoms with Crippen molar-refractivity contribution >= 4 is 39.5 Å². The van der Waals surface area contributed by atoms with Gasteiger partial charge in [0.15, 0.2) is 30.1 Å². The number of pyridine rings is 1. The maximum atomic E-state index is 14.4. The van der Waals surface area contributed by atoms with Crippen molar-refractivity contribution in [1.29, 1.82) is 0 Å². The summed E-state index contributed by atoms with van der Waals surface area (Å²) in [5.41, 5.74) is 0.782. The number of halogens is 4. The molecule has 164 valence electrons. The van der Waals surface area contributed by atoms with E-state index in [1.165, 1.54) is 6.07 Å². The molecule has 4 aromatic carbocycles. The Balaban J connectivity index is 0.00000259. The Labute approximate surface area is 201 Å². The first-order valence-corrected chi connectivity index (χ1v) is 11.9. The predicted octanol–water partition coefficient (Wildman–Crippen LogP) is 2.28. The van der Waals surface area contributed by atoms with E-state index in [0.717, 1.165) is 22.0 Å². The minimum atomic E-state index is -2.50. The molecular formula is C27H18BrF3NP. The minimum Gasteiger partial charge on any atom is -1.00 e. The highest BCUT2D eigenvalue weighted by molar-refractivity contribution is 8.01. The molecule has 1 heterocycles. The van der Waals surface area contributed by atoms with E-state index in [-0.39, 0.29) is 27.9 Å². The first-order valence-electron chi connectivity index (χ1n) is 10.1. The second-order valence-corrected chi connectivity index (χ2v) is 10.7. The van der Waals surface area contributed by atoms with Gasteiger partial charge in [-0.1, -0.05) is 54.6 Å². The fourth-order valence-corrected chi connectivity index (χ4v) is 8.25. The number of hydrogen-bond acceptors (Lipinski definition) is 1. The van der Waals surface area contributed by atoms with Crippen LogP contribution in [0.2, 0.25) is 0 Å². The molecule has 0 unspecified atom stereocenters. The van der Waals surface area contributed by atoms with Gasteiger partial charge in [-0.25, -0.2) is 18.2 Å². The Morgan fingerprint density at radius 2 is 1.00 bits per heavy atom. The van der Waals surface area contributed by atoms with Crippen molar-refractivity contribution in [1.82, 2.24) is 4.98 Å². The summed E-state index contributed by atoms with van der Waals surface area (Å²) in [6, 6.07) is 34.3. The van der Waals surface area contributed by atoms with E-state index in [1.54, 1.807) is 6.07 Å². The molecule has 0 bridgehead atoms. The Morgan fingerprint density at radius 3 is 1.45 bits per heavy atom. The molecule has 0 saturated heterocycles. The molecule has 0 aliphatic heterocycles. The maximum Gasteiger partial charge on any atom is 0.198 e. The molecule has 33 heavy (non-hydrogen) atoms. The summed E-state index contributed by atoms with van der Waals surface area (Å²) in [4.78, 5) is 4.74. The molecule has 5 rings (SSSR count). The van der Waals surface area contributed by atoms with Gasteiger partial charge in [0.2, 0.25) is 0 Å². The number of nitrogens with zero attached hydrogens (tertiary/aromatic N) is 1. The van der Waals surface area contributed by atoms with E-state index < -0.39 is 24.7 Å². The van der Waals surface area contributed by atoms with Gasteiger partial charge in [0.25, 0.3) is 0 Å². The Kier molecular flexibility index (Phi) is 6.64. The normalized spacial score (nSPS) is 11.2. The van der Waals surface area contributed by atoms with Gasteiger partial charge in [0.1, 0.15) is 15.9 Å². The highest BCUT2D eigenvalue weighted by atomic mass is 79.9. The summed E-state index contributed by atoms with van der Waals surface area (Å²) in [5.74, 6) is -3.95. The highest BCUT2D eigenvalue weighted by Crippen LogP contribution is 2.53. The average molecular weight is 524 g/mol. The summed E-state index contributed by atoms with van der Waals surface area (Å²) in [5, 5.41) is 3.15. The molecule has 0 radical (unpaired) electrons. The second-order valence-electron chi connectivity index (χ2n) is 7.40. The topological polar surface area (TPSA) is 12.9 Å². The fraction of sp³-hybridized carbons (Fsp3) is 0. The lowest BCUT2D eigenvalue weighted by Crippen LogP contribution is -3.00. The van der Waals surface area contributed by atoms with Gasteiger partial charge < -0.3 is 17.0 Å². The van der Waals surface area contributed by atoms with Crippen molar-refractivity contribution in [2.75, 3.05) is 0 Å². The van der Waals surface area contributed by atoms with E-state index in [0.29, 0.717) is 5.44 Å². The van der Waals surface area contributed by atoms with Crippen molar-refractivity contribution in [3.63, 3.8) is 0 Å². The number of hydrogen-bond donors (Lipinski definition) is 0. The molecule has 1 aromatic heterocycles. The lowest BCUT2D eigenvalue weighted by atomic mass is 10.2. The third-order valence-electron chi connectivity index (χ3n) is 5.59. The van der Waals surface area contributed by atoms with Crippen LogP contribution in [0.5, 0.6) is 0 Å². The summed E-state index contributed by atoms with van der Waals surface area (Å²) >= 11 is 0. The summed E-state index contributed by atoms with van der Waals surface area (Å²) < 4.78 is 42.3. The van der Waals surface area contributed by atoms with Gasteiger partial charge in [-0.05, 0) is 42.5 Å². The molecule has 0 atom stereocenters. The quantitative estimate of drug-likeness (QED) is 0.260. The molecule has 0 amide bonds. The molecule has 0 N–H and O–H groups in total. The van der Waals surface area contributed by atoms with Gasteiger partial charge in [-0.15, -0.1) is 0 Å². The number of aromatic nitrogens is 1. The van der Waals surface area contributed by atoms with Gasteiger partial charge >= 0.3 is 0 Å². The summed E-state index contributed by atoms with van der Waals surface area (Å²) in [6.45, 7) is 0. The smallest absolute Gasteiger partial charge is 0.198 e. The van der Waals surface area contributed by atoms with E-state index in [1.807, 2.05) is 54.6 Å². The van der Waals surface area contributed by atoms with Crippen LogP contribution in [0.15, 0.2) is 109 Å². The maximum absolute atomic E-state index is 14.4. The number of benzene rings is 4. The standard InChI is InChI=1S/C27H18F3NP.BrH/c28-23-18-24-22(26(29)27(23)30)16-17-25(31-24)32(19-10-4-1-5-11-19,20-12-6-2-7-13-20)21-14-8-3-9-15-21;/h1-18H;1H/q+1;/p-1. The number of rotatable bonds is 4. The Morgan fingerprint density at radius 1 is 0.545 bits per heavy atom. The molecular weight excluding hydrogens is 506 g/mol. The third kappa shape index (κ3) is 3.86. The first kappa shape index (κ1) is 23.2. The van der Waals surface area contributed by atoms with Gasteiger partial charge in [-0.2, -0.15) is 0 Å². The lowest BCUT2D eigenvalue weighted by molar-refractivity contribution is -0.00000771. The van der Waals surface area contributed by atoms with E-state index in [4.69, 9.17) is 4.98 Å². The van der Waals surface area contributed by atoms with Crippen molar-refractivity contribution in [2.24, 2.45) is 0 Å². The Bertz CT molecular complexity index is 1300. The molecule has 0 fully saturated rings. The molecule has 1 nitrogen and oxygen atoms in total. The molecule has 0 saturated carbocycles. The SMILES string of the molecule is Fc1cc2nc([P+](c3ccccc3)(c3ccccc3)c3ccccc3)ccc2c(F)c1F.[Br-]. The molecule has 6 heteroatoms. The average Bonchev–Trinajstić information content (AvgIpc) is 2.85. The van der Waals surface area contributed by atoms with Crippen molar-refractivity contribution in [3.8, 4) is 0 Å². The molecule has 5 aromatic rings. The van der Waals surface area contributed by atoms with Crippen molar-refractivity contribution in [3.05, 3.63) is 127 Å². The van der Waals surface area contributed by atoms with Crippen LogP contribution in [0.3, 0.4) is 0 Å². The van der Waals surface area contributed by atoms with Gasteiger partial charge in [-0.3, -0.25) is 0 Å². The molecule has 0 aliphatic rings. The Hall–Kier alpha value is -3.01. The lowest BCUT2D eigenvalue weighted by Gasteiger charge is -2.26. The third-order valence-corrected chi connectivity index (χ3v) is 9.74. The van der Waals surface area contributed by atoms with Crippen LogP contribution in [-0.2, 0) is 0 Å². The zero-order valence-corrected chi connectivity index (χ0v) is 19.8. The van der Waals surface area contributed by atoms with Crippen LogP contribution in [-0.4, -0.2) is 4.98 Å². The molecule has 0 spiro atoms. The zero-order chi connectivity index (χ0) is 22.1. The highest BCUT2D eigenvalue weighted by Gasteiger charge is 2.49. The van der Waals surface area contributed by atoms with Crippen LogP contribution < -0.4 is 38.3 Å².